The van der Waals surface area contributed by atoms with Crippen LogP contribution in [0.5, 0.6) is 0 Å². The lowest BCUT2D eigenvalue weighted by molar-refractivity contribution is -0.143. The van der Waals surface area contributed by atoms with Crippen molar-refractivity contribution >= 4 is 0 Å². The summed E-state index contributed by atoms with van der Waals surface area (Å²) >= 11 is 0. The van der Waals surface area contributed by atoms with Gasteiger partial charge >= 0.3 is 6.18 Å². The number of hydrogen-bond donors (Lipinski definition) is 0. The SMILES string of the molecule is CCC(C)c1cnc(C(F)(F)F)c(F)c1. The summed E-state index contributed by atoms with van der Waals surface area (Å²) in [6.45, 7) is 3.68. The van der Waals surface area contributed by atoms with E-state index in [-0.39, 0.29) is 5.92 Å². The fraction of sp³-hybridized carbons (Fsp3) is 0.500. The fourth-order valence-corrected chi connectivity index (χ4v) is 1.17. The summed E-state index contributed by atoms with van der Waals surface area (Å²) < 4.78 is 49.5. The second-order valence-corrected chi connectivity index (χ2v) is 3.41. The number of aromatic nitrogens is 1. The highest BCUT2D eigenvalue weighted by Crippen LogP contribution is 2.30. The van der Waals surface area contributed by atoms with Crippen molar-refractivity contribution in [2.24, 2.45) is 0 Å². The van der Waals surface area contributed by atoms with Gasteiger partial charge in [-0.25, -0.2) is 9.37 Å². The zero-order chi connectivity index (χ0) is 11.6. The van der Waals surface area contributed by atoms with E-state index in [1.807, 2.05) is 13.8 Å². The molecule has 1 nitrogen and oxygen atoms in total. The van der Waals surface area contributed by atoms with Gasteiger partial charge in [-0.2, -0.15) is 13.2 Å². The van der Waals surface area contributed by atoms with Gasteiger partial charge in [0.1, 0.15) is 0 Å². The van der Waals surface area contributed by atoms with Gasteiger partial charge < -0.3 is 0 Å². The maximum atomic E-state index is 13.1. The monoisotopic (exact) mass is 221 g/mol. The molecule has 0 aliphatic carbocycles. The lowest BCUT2D eigenvalue weighted by Crippen LogP contribution is -2.11. The summed E-state index contributed by atoms with van der Waals surface area (Å²) in [7, 11) is 0. The van der Waals surface area contributed by atoms with Crippen molar-refractivity contribution in [1.29, 1.82) is 0 Å². The van der Waals surface area contributed by atoms with Gasteiger partial charge in [0.25, 0.3) is 0 Å². The van der Waals surface area contributed by atoms with Crippen LogP contribution in [0.4, 0.5) is 17.6 Å². The number of pyridine rings is 1. The average Bonchev–Trinajstić information content (AvgIpc) is 2.14. The number of rotatable bonds is 2. The van der Waals surface area contributed by atoms with Gasteiger partial charge in [0.15, 0.2) is 11.5 Å². The molecule has 1 heterocycles. The Bertz CT molecular complexity index is 346. The van der Waals surface area contributed by atoms with Gasteiger partial charge in [0.2, 0.25) is 0 Å². The number of nitrogens with zero attached hydrogens (tertiary/aromatic N) is 1. The van der Waals surface area contributed by atoms with Crippen molar-refractivity contribution in [3.63, 3.8) is 0 Å². The van der Waals surface area contributed by atoms with Crippen LogP contribution in [0.1, 0.15) is 37.4 Å². The molecule has 0 aliphatic rings. The zero-order valence-corrected chi connectivity index (χ0v) is 8.40. The predicted molar refractivity (Wildman–Crippen MR) is 47.9 cm³/mol. The molecule has 0 saturated heterocycles. The van der Waals surface area contributed by atoms with Crippen molar-refractivity contribution in [1.82, 2.24) is 4.98 Å². The Labute approximate surface area is 85.1 Å². The molecule has 0 N–H and O–H groups in total. The summed E-state index contributed by atoms with van der Waals surface area (Å²) in [6, 6.07) is 0.907. The quantitative estimate of drug-likeness (QED) is 0.693. The van der Waals surface area contributed by atoms with E-state index in [0.717, 1.165) is 18.7 Å². The van der Waals surface area contributed by atoms with E-state index in [2.05, 4.69) is 4.98 Å². The molecule has 84 valence electrons. The third kappa shape index (κ3) is 2.67. The highest BCUT2D eigenvalue weighted by atomic mass is 19.4. The molecule has 0 aromatic carbocycles. The Kier molecular flexibility index (Phi) is 3.31. The van der Waals surface area contributed by atoms with E-state index in [1.54, 1.807) is 0 Å². The highest BCUT2D eigenvalue weighted by Gasteiger charge is 2.36. The van der Waals surface area contributed by atoms with Gasteiger partial charge in [0, 0.05) is 6.20 Å². The van der Waals surface area contributed by atoms with Gasteiger partial charge in [-0.05, 0) is 24.0 Å². The summed E-state index contributed by atoms with van der Waals surface area (Å²) in [6.07, 6.45) is -2.91. The average molecular weight is 221 g/mol. The highest BCUT2D eigenvalue weighted by molar-refractivity contribution is 5.21. The van der Waals surface area contributed by atoms with Gasteiger partial charge in [0.05, 0.1) is 0 Å². The third-order valence-electron chi connectivity index (χ3n) is 2.31. The number of alkyl halides is 3. The Morgan fingerprint density at radius 1 is 1.40 bits per heavy atom. The zero-order valence-electron chi connectivity index (χ0n) is 8.40. The van der Waals surface area contributed by atoms with Crippen LogP contribution >= 0.6 is 0 Å². The van der Waals surface area contributed by atoms with Crippen LogP contribution in [0, 0.1) is 5.82 Å². The molecule has 0 aliphatic heterocycles. The number of halogens is 4. The Hall–Kier alpha value is -1.13. The normalized spacial score (nSPS) is 14.0. The van der Waals surface area contributed by atoms with Gasteiger partial charge in [-0.3, -0.25) is 0 Å². The molecule has 1 aromatic rings. The predicted octanol–water partition coefficient (Wildman–Crippen LogP) is 3.75. The lowest BCUT2D eigenvalue weighted by Gasteiger charge is -2.11. The van der Waals surface area contributed by atoms with Crippen LogP contribution in [0.25, 0.3) is 0 Å². The van der Waals surface area contributed by atoms with Crippen molar-refractivity contribution in [3.8, 4) is 0 Å². The molecule has 0 bridgehead atoms. The maximum Gasteiger partial charge on any atom is 0.436 e. The molecule has 5 heteroatoms. The summed E-state index contributed by atoms with van der Waals surface area (Å²) in [5.41, 5.74) is -0.961. The molecule has 0 amide bonds. The molecule has 0 radical (unpaired) electrons. The van der Waals surface area contributed by atoms with Crippen molar-refractivity contribution in [3.05, 3.63) is 29.3 Å². The fourth-order valence-electron chi connectivity index (χ4n) is 1.17. The summed E-state index contributed by atoms with van der Waals surface area (Å²) in [4.78, 5) is 3.12. The van der Waals surface area contributed by atoms with E-state index < -0.39 is 17.7 Å². The molecule has 0 saturated carbocycles. The minimum atomic E-state index is -4.72. The van der Waals surface area contributed by atoms with Crippen LogP contribution in [0.3, 0.4) is 0 Å². The minimum absolute atomic E-state index is 0.00860. The second kappa shape index (κ2) is 4.16. The lowest BCUT2D eigenvalue weighted by atomic mass is 10.0. The molecule has 1 unspecified atom stereocenters. The van der Waals surface area contributed by atoms with Gasteiger partial charge in [-0.15, -0.1) is 0 Å². The van der Waals surface area contributed by atoms with E-state index in [4.69, 9.17) is 0 Å². The van der Waals surface area contributed by atoms with Crippen molar-refractivity contribution < 1.29 is 17.6 Å². The molecule has 0 spiro atoms. The van der Waals surface area contributed by atoms with Crippen LogP contribution < -0.4 is 0 Å². The first-order chi connectivity index (χ1) is 6.86. The molecule has 1 rings (SSSR count). The van der Waals surface area contributed by atoms with Crippen LogP contribution in [0.2, 0.25) is 0 Å². The van der Waals surface area contributed by atoms with Crippen molar-refractivity contribution in [2.45, 2.75) is 32.4 Å². The Balaban J connectivity index is 3.09. The second-order valence-electron chi connectivity index (χ2n) is 3.41. The molecule has 15 heavy (non-hydrogen) atoms. The van der Waals surface area contributed by atoms with E-state index in [1.165, 1.54) is 0 Å². The van der Waals surface area contributed by atoms with Crippen molar-refractivity contribution in [2.75, 3.05) is 0 Å². The first-order valence-electron chi connectivity index (χ1n) is 4.59. The summed E-state index contributed by atoms with van der Waals surface area (Å²) in [5.74, 6) is -1.30. The van der Waals surface area contributed by atoms with Crippen LogP contribution in [0.15, 0.2) is 12.3 Å². The molecular weight excluding hydrogens is 210 g/mol. The van der Waals surface area contributed by atoms with E-state index in [9.17, 15) is 17.6 Å². The third-order valence-corrected chi connectivity index (χ3v) is 2.31. The minimum Gasteiger partial charge on any atom is -0.249 e. The first-order valence-corrected chi connectivity index (χ1v) is 4.59. The molecule has 0 fully saturated rings. The molecule has 1 aromatic heterocycles. The maximum absolute atomic E-state index is 13.1. The van der Waals surface area contributed by atoms with E-state index in [0.29, 0.717) is 5.56 Å². The first kappa shape index (κ1) is 11.9. The smallest absolute Gasteiger partial charge is 0.249 e. The largest absolute Gasteiger partial charge is 0.436 e. The number of hydrogen-bond acceptors (Lipinski definition) is 1. The standard InChI is InChI=1S/C10H11F4N/c1-3-6(2)7-4-8(11)9(15-5-7)10(12,13)14/h4-6H,3H2,1-2H3. The van der Waals surface area contributed by atoms with E-state index >= 15 is 0 Å². The Morgan fingerprint density at radius 2 is 2.00 bits per heavy atom. The Morgan fingerprint density at radius 3 is 2.40 bits per heavy atom. The van der Waals surface area contributed by atoms with Gasteiger partial charge in [-0.1, -0.05) is 13.8 Å². The molecular formula is C10H11F4N. The molecule has 1 atom stereocenters. The summed E-state index contributed by atoms with van der Waals surface area (Å²) in [5, 5.41) is 0. The van der Waals surface area contributed by atoms with Crippen LogP contribution in [-0.4, -0.2) is 4.98 Å². The van der Waals surface area contributed by atoms with Crippen LogP contribution in [-0.2, 0) is 6.18 Å². The topological polar surface area (TPSA) is 12.9 Å².